The second-order valence-corrected chi connectivity index (χ2v) is 4.79. The molecule has 3 heteroatoms. The summed E-state index contributed by atoms with van der Waals surface area (Å²) in [5.74, 6) is 5.98. The Labute approximate surface area is 113 Å². The SMILES string of the molecule is COC(=O)c1ccc(C#CC2(CC#N)CCC2)cc1. The lowest BCUT2D eigenvalue weighted by Gasteiger charge is -2.34. The van der Waals surface area contributed by atoms with Crippen LogP contribution in [0.1, 0.15) is 41.6 Å². The average molecular weight is 253 g/mol. The van der Waals surface area contributed by atoms with Gasteiger partial charge in [0, 0.05) is 11.0 Å². The number of ether oxygens (including phenoxy) is 1. The Hall–Kier alpha value is -2.26. The fraction of sp³-hybridized carbons (Fsp3) is 0.375. The molecule has 0 aliphatic heterocycles. The number of hydrogen-bond acceptors (Lipinski definition) is 3. The molecule has 1 aromatic rings. The molecule has 1 aromatic carbocycles. The van der Waals surface area contributed by atoms with Crippen LogP contribution in [0, 0.1) is 28.6 Å². The van der Waals surface area contributed by atoms with Gasteiger partial charge in [0.25, 0.3) is 0 Å². The molecule has 19 heavy (non-hydrogen) atoms. The zero-order valence-corrected chi connectivity index (χ0v) is 10.9. The van der Waals surface area contributed by atoms with E-state index in [1.165, 1.54) is 7.11 Å². The molecule has 1 aliphatic rings. The third-order valence-electron chi connectivity index (χ3n) is 3.51. The molecule has 0 spiro atoms. The van der Waals surface area contributed by atoms with Crippen LogP contribution in [0.5, 0.6) is 0 Å². The molecule has 0 atom stereocenters. The summed E-state index contributed by atoms with van der Waals surface area (Å²) in [6.07, 6.45) is 3.67. The van der Waals surface area contributed by atoms with Gasteiger partial charge >= 0.3 is 5.97 Å². The normalized spacial score (nSPS) is 15.4. The van der Waals surface area contributed by atoms with Crippen molar-refractivity contribution in [2.45, 2.75) is 25.7 Å². The van der Waals surface area contributed by atoms with E-state index in [-0.39, 0.29) is 11.4 Å². The summed E-state index contributed by atoms with van der Waals surface area (Å²) in [6, 6.07) is 9.23. The van der Waals surface area contributed by atoms with E-state index in [0.717, 1.165) is 24.8 Å². The van der Waals surface area contributed by atoms with Crippen LogP contribution in [-0.2, 0) is 4.74 Å². The second kappa shape index (κ2) is 5.59. The van der Waals surface area contributed by atoms with Gasteiger partial charge < -0.3 is 4.74 Å². The number of benzene rings is 1. The topological polar surface area (TPSA) is 50.1 Å². The molecular formula is C16H15NO2. The highest BCUT2D eigenvalue weighted by Crippen LogP contribution is 2.43. The van der Waals surface area contributed by atoms with Gasteiger partial charge in [-0.3, -0.25) is 0 Å². The van der Waals surface area contributed by atoms with Crippen LogP contribution in [0.15, 0.2) is 24.3 Å². The monoisotopic (exact) mass is 253 g/mol. The lowest BCUT2D eigenvalue weighted by molar-refractivity contribution is 0.0600. The van der Waals surface area contributed by atoms with Crippen LogP contribution in [0.3, 0.4) is 0 Å². The number of hydrogen-bond donors (Lipinski definition) is 0. The van der Waals surface area contributed by atoms with Crippen LogP contribution in [0.25, 0.3) is 0 Å². The van der Waals surface area contributed by atoms with E-state index in [1.54, 1.807) is 24.3 Å². The van der Waals surface area contributed by atoms with Crippen LogP contribution in [0.4, 0.5) is 0 Å². The fourth-order valence-corrected chi connectivity index (χ4v) is 2.11. The smallest absolute Gasteiger partial charge is 0.337 e. The van der Waals surface area contributed by atoms with Crippen molar-refractivity contribution >= 4 is 5.97 Å². The minimum Gasteiger partial charge on any atom is -0.465 e. The Morgan fingerprint density at radius 1 is 1.37 bits per heavy atom. The molecule has 2 rings (SSSR count). The zero-order valence-electron chi connectivity index (χ0n) is 10.9. The summed E-state index contributed by atoms with van der Waals surface area (Å²) >= 11 is 0. The first-order valence-electron chi connectivity index (χ1n) is 6.28. The van der Waals surface area contributed by atoms with Crippen LogP contribution in [0.2, 0.25) is 0 Å². The summed E-state index contributed by atoms with van der Waals surface area (Å²) in [5, 5.41) is 8.82. The molecule has 0 bridgehead atoms. The lowest BCUT2D eigenvalue weighted by atomic mass is 9.67. The van der Waals surface area contributed by atoms with Gasteiger partial charge in [-0.05, 0) is 37.1 Å². The predicted octanol–water partition coefficient (Wildman–Crippen LogP) is 2.91. The Kier molecular flexibility index (Phi) is 3.88. The summed E-state index contributed by atoms with van der Waals surface area (Å²) in [5.41, 5.74) is 1.27. The molecule has 0 unspecified atom stereocenters. The lowest BCUT2D eigenvalue weighted by Crippen LogP contribution is -2.26. The minimum atomic E-state index is -0.348. The number of nitrogens with zero attached hydrogens (tertiary/aromatic N) is 1. The highest BCUT2D eigenvalue weighted by Gasteiger charge is 2.34. The number of carbonyl (C=O) groups is 1. The number of nitriles is 1. The zero-order chi connectivity index (χ0) is 13.7. The Morgan fingerprint density at radius 2 is 2.05 bits per heavy atom. The molecular weight excluding hydrogens is 238 g/mol. The maximum Gasteiger partial charge on any atom is 0.337 e. The largest absolute Gasteiger partial charge is 0.465 e. The third-order valence-corrected chi connectivity index (χ3v) is 3.51. The summed E-state index contributed by atoms with van der Waals surface area (Å²) in [4.78, 5) is 11.3. The molecule has 0 N–H and O–H groups in total. The summed E-state index contributed by atoms with van der Waals surface area (Å²) in [6.45, 7) is 0. The molecule has 1 fully saturated rings. The standard InChI is InChI=1S/C16H15NO2/c1-19-15(18)14-5-3-13(4-6-14)7-10-16(11-12-17)8-2-9-16/h3-6H,2,8-9,11H2,1H3. The second-order valence-electron chi connectivity index (χ2n) is 4.79. The van der Waals surface area contributed by atoms with Crippen molar-refractivity contribution in [2.75, 3.05) is 7.11 Å². The Morgan fingerprint density at radius 3 is 2.53 bits per heavy atom. The number of esters is 1. The van der Waals surface area contributed by atoms with Crippen LogP contribution >= 0.6 is 0 Å². The average Bonchev–Trinajstić information content (AvgIpc) is 2.41. The first-order valence-corrected chi connectivity index (χ1v) is 6.28. The molecule has 0 saturated heterocycles. The molecule has 0 radical (unpaired) electrons. The van der Waals surface area contributed by atoms with E-state index < -0.39 is 0 Å². The third kappa shape index (κ3) is 2.95. The van der Waals surface area contributed by atoms with Gasteiger partial charge in [-0.2, -0.15) is 5.26 Å². The summed E-state index contributed by atoms with van der Waals surface area (Å²) in [7, 11) is 1.36. The fourth-order valence-electron chi connectivity index (χ4n) is 2.11. The molecule has 3 nitrogen and oxygen atoms in total. The van der Waals surface area contributed by atoms with Crippen molar-refractivity contribution in [1.29, 1.82) is 5.26 Å². The first kappa shape index (κ1) is 13.2. The molecule has 1 saturated carbocycles. The van der Waals surface area contributed by atoms with E-state index in [1.807, 2.05) is 0 Å². The van der Waals surface area contributed by atoms with E-state index >= 15 is 0 Å². The van der Waals surface area contributed by atoms with E-state index in [0.29, 0.717) is 12.0 Å². The maximum absolute atomic E-state index is 11.3. The van der Waals surface area contributed by atoms with Gasteiger partial charge in [0.2, 0.25) is 0 Å². The first-order chi connectivity index (χ1) is 9.19. The number of rotatable bonds is 2. The molecule has 0 amide bonds. The van der Waals surface area contributed by atoms with Gasteiger partial charge in [0.15, 0.2) is 0 Å². The Balaban J connectivity index is 2.12. The maximum atomic E-state index is 11.3. The van der Waals surface area contributed by atoms with Crippen molar-refractivity contribution in [3.05, 3.63) is 35.4 Å². The minimum absolute atomic E-state index is 0.101. The van der Waals surface area contributed by atoms with E-state index in [9.17, 15) is 4.79 Å². The van der Waals surface area contributed by atoms with Crippen molar-refractivity contribution < 1.29 is 9.53 Å². The summed E-state index contributed by atoms with van der Waals surface area (Å²) < 4.78 is 4.64. The van der Waals surface area contributed by atoms with Gasteiger partial charge in [0.05, 0.1) is 25.2 Å². The van der Waals surface area contributed by atoms with Gasteiger partial charge in [-0.1, -0.05) is 18.3 Å². The van der Waals surface area contributed by atoms with Crippen molar-refractivity contribution in [1.82, 2.24) is 0 Å². The molecule has 96 valence electrons. The highest BCUT2D eigenvalue weighted by atomic mass is 16.5. The van der Waals surface area contributed by atoms with Crippen LogP contribution < -0.4 is 0 Å². The van der Waals surface area contributed by atoms with Gasteiger partial charge in [0.1, 0.15) is 0 Å². The highest BCUT2D eigenvalue weighted by molar-refractivity contribution is 5.89. The molecule has 0 heterocycles. The van der Waals surface area contributed by atoms with Crippen molar-refractivity contribution in [2.24, 2.45) is 5.41 Å². The number of methoxy groups -OCH3 is 1. The Bertz CT molecular complexity index is 565. The van der Waals surface area contributed by atoms with Crippen LogP contribution in [-0.4, -0.2) is 13.1 Å². The quantitative estimate of drug-likeness (QED) is 0.601. The molecule has 0 aromatic heterocycles. The number of carbonyl (C=O) groups excluding carboxylic acids is 1. The van der Waals surface area contributed by atoms with E-state index in [4.69, 9.17) is 5.26 Å². The van der Waals surface area contributed by atoms with Crippen molar-refractivity contribution in [3.8, 4) is 17.9 Å². The van der Waals surface area contributed by atoms with Crippen molar-refractivity contribution in [3.63, 3.8) is 0 Å². The van der Waals surface area contributed by atoms with Gasteiger partial charge in [-0.25, -0.2) is 4.79 Å². The van der Waals surface area contributed by atoms with Gasteiger partial charge in [-0.15, -0.1) is 0 Å². The molecule has 1 aliphatic carbocycles. The van der Waals surface area contributed by atoms with E-state index in [2.05, 4.69) is 22.6 Å². The predicted molar refractivity (Wildman–Crippen MR) is 71.2 cm³/mol.